The third kappa shape index (κ3) is 3.30. The lowest BCUT2D eigenvalue weighted by Gasteiger charge is -2.40. The van der Waals surface area contributed by atoms with E-state index in [0.717, 1.165) is 63.0 Å². The minimum atomic E-state index is -0.217. The van der Waals surface area contributed by atoms with Crippen LogP contribution in [0.1, 0.15) is 48.8 Å². The average Bonchev–Trinajstić information content (AvgIpc) is 3.03. The molecule has 2 aromatic carbocycles. The number of hydrogen-bond donors (Lipinski definition) is 0. The van der Waals surface area contributed by atoms with Crippen molar-refractivity contribution < 1.29 is 9.18 Å². The van der Waals surface area contributed by atoms with Crippen LogP contribution in [-0.2, 0) is 16.8 Å². The van der Waals surface area contributed by atoms with Crippen molar-refractivity contribution in [1.29, 1.82) is 5.26 Å². The molecule has 1 spiro atoms. The van der Waals surface area contributed by atoms with Gasteiger partial charge in [0.05, 0.1) is 11.6 Å². The summed E-state index contributed by atoms with van der Waals surface area (Å²) in [4.78, 5) is 17.4. The molecule has 5 rings (SSSR count). The molecule has 1 amide bonds. The largest absolute Gasteiger partial charge is 0.311 e. The third-order valence-electron chi connectivity index (χ3n) is 7.30. The quantitative estimate of drug-likeness (QED) is 0.764. The van der Waals surface area contributed by atoms with E-state index in [-0.39, 0.29) is 23.1 Å². The number of amides is 1. The molecule has 1 aliphatic carbocycles. The fourth-order valence-electron chi connectivity index (χ4n) is 5.22. The molecule has 2 heterocycles. The van der Waals surface area contributed by atoms with Crippen LogP contribution < -0.4 is 4.90 Å². The van der Waals surface area contributed by atoms with Gasteiger partial charge in [-0.05, 0) is 80.2 Å². The molecule has 154 valence electrons. The topological polar surface area (TPSA) is 47.3 Å². The summed E-state index contributed by atoms with van der Waals surface area (Å²) in [5.74, 6) is 0.159. The lowest BCUT2D eigenvalue weighted by atomic mass is 9.74. The molecule has 0 bridgehead atoms. The first-order valence-electron chi connectivity index (χ1n) is 10.9. The van der Waals surface area contributed by atoms with Crippen LogP contribution in [0.25, 0.3) is 0 Å². The van der Waals surface area contributed by atoms with Crippen molar-refractivity contribution >= 4 is 11.6 Å². The number of carbonyl (C=O) groups is 1. The summed E-state index contributed by atoms with van der Waals surface area (Å²) in [7, 11) is 0. The summed E-state index contributed by atoms with van der Waals surface area (Å²) in [6.07, 6.45) is 4.95. The molecule has 2 fully saturated rings. The third-order valence-corrected chi connectivity index (χ3v) is 7.30. The van der Waals surface area contributed by atoms with Crippen LogP contribution in [0.5, 0.6) is 0 Å². The summed E-state index contributed by atoms with van der Waals surface area (Å²) < 4.78 is 14.2. The van der Waals surface area contributed by atoms with Gasteiger partial charge in [-0.25, -0.2) is 4.39 Å². The van der Waals surface area contributed by atoms with E-state index in [1.54, 1.807) is 12.1 Å². The van der Waals surface area contributed by atoms with E-state index in [1.807, 2.05) is 29.2 Å². The molecule has 5 heteroatoms. The van der Waals surface area contributed by atoms with Gasteiger partial charge in [-0.3, -0.25) is 9.69 Å². The van der Waals surface area contributed by atoms with E-state index in [9.17, 15) is 9.18 Å². The Morgan fingerprint density at radius 1 is 1.13 bits per heavy atom. The standard InChI is InChI=1S/C25H26FN3O/c26-21-8-9-23-22(14-21)25(17-29(23)24(30)20-2-1-3-20)10-12-28(13-11-25)16-19-6-4-18(15-27)5-7-19/h4-9,14,20H,1-3,10-13,16-17H2. The molecule has 0 aromatic heterocycles. The fourth-order valence-corrected chi connectivity index (χ4v) is 5.22. The van der Waals surface area contributed by atoms with E-state index >= 15 is 0 Å². The van der Waals surface area contributed by atoms with Gasteiger partial charge in [-0.1, -0.05) is 18.6 Å². The van der Waals surface area contributed by atoms with E-state index in [2.05, 4.69) is 11.0 Å². The molecule has 3 aliphatic rings. The van der Waals surface area contributed by atoms with Crippen molar-refractivity contribution in [3.8, 4) is 6.07 Å². The van der Waals surface area contributed by atoms with E-state index in [1.165, 1.54) is 11.6 Å². The Morgan fingerprint density at radius 2 is 1.87 bits per heavy atom. The molecule has 4 nitrogen and oxygen atoms in total. The number of anilines is 1. The Balaban J connectivity index is 1.33. The second kappa shape index (κ2) is 7.52. The molecular weight excluding hydrogens is 377 g/mol. The Labute approximate surface area is 176 Å². The summed E-state index contributed by atoms with van der Waals surface area (Å²) in [6, 6.07) is 14.9. The molecule has 2 aromatic rings. The van der Waals surface area contributed by atoms with Crippen LogP contribution in [0, 0.1) is 23.1 Å². The highest BCUT2D eigenvalue weighted by molar-refractivity contribution is 5.98. The first-order valence-corrected chi connectivity index (χ1v) is 10.9. The monoisotopic (exact) mass is 403 g/mol. The zero-order valence-electron chi connectivity index (χ0n) is 17.1. The van der Waals surface area contributed by atoms with Crippen LogP contribution in [0.3, 0.4) is 0 Å². The number of hydrogen-bond acceptors (Lipinski definition) is 3. The second-order valence-electron chi connectivity index (χ2n) is 9.08. The maximum atomic E-state index is 14.2. The average molecular weight is 404 g/mol. The highest BCUT2D eigenvalue weighted by atomic mass is 19.1. The molecule has 0 unspecified atom stereocenters. The minimum absolute atomic E-state index is 0.141. The molecular formula is C25H26FN3O. The van der Waals surface area contributed by atoms with E-state index in [0.29, 0.717) is 12.1 Å². The summed E-state index contributed by atoms with van der Waals surface area (Å²) >= 11 is 0. The van der Waals surface area contributed by atoms with Crippen LogP contribution in [-0.4, -0.2) is 30.4 Å². The van der Waals surface area contributed by atoms with Crippen molar-refractivity contribution in [1.82, 2.24) is 4.90 Å². The first kappa shape index (κ1) is 19.3. The van der Waals surface area contributed by atoms with Crippen molar-refractivity contribution in [2.24, 2.45) is 5.92 Å². The Hall–Kier alpha value is -2.71. The molecule has 0 N–H and O–H groups in total. The molecule has 1 saturated heterocycles. The SMILES string of the molecule is N#Cc1ccc(CN2CCC3(CC2)CN(C(=O)C2CCC2)c2ccc(F)cc23)cc1. The van der Waals surface area contributed by atoms with Gasteiger partial charge in [-0.15, -0.1) is 0 Å². The normalized spacial score (nSPS) is 20.6. The van der Waals surface area contributed by atoms with Gasteiger partial charge in [0, 0.05) is 30.1 Å². The number of fused-ring (bicyclic) bond motifs is 2. The van der Waals surface area contributed by atoms with Crippen molar-refractivity contribution in [2.75, 3.05) is 24.5 Å². The Kier molecular flexibility index (Phi) is 4.83. The first-order chi connectivity index (χ1) is 14.6. The van der Waals surface area contributed by atoms with Gasteiger partial charge in [-0.2, -0.15) is 5.26 Å². The molecule has 2 aliphatic heterocycles. The van der Waals surface area contributed by atoms with Gasteiger partial charge in [0.15, 0.2) is 0 Å². The summed E-state index contributed by atoms with van der Waals surface area (Å²) in [5.41, 5.74) is 3.68. The number of carbonyl (C=O) groups excluding carboxylic acids is 1. The number of nitriles is 1. The molecule has 0 atom stereocenters. The maximum absolute atomic E-state index is 14.2. The summed E-state index contributed by atoms with van der Waals surface area (Å²) in [6.45, 7) is 3.37. The van der Waals surface area contributed by atoms with Crippen molar-refractivity contribution in [2.45, 2.75) is 44.1 Å². The van der Waals surface area contributed by atoms with E-state index in [4.69, 9.17) is 5.26 Å². The Bertz CT molecular complexity index is 998. The number of halogens is 1. The number of nitrogens with zero attached hydrogens (tertiary/aromatic N) is 3. The lowest BCUT2D eigenvalue weighted by molar-refractivity contribution is -0.124. The number of likely N-dealkylation sites (tertiary alicyclic amines) is 1. The van der Waals surface area contributed by atoms with Crippen molar-refractivity contribution in [3.05, 3.63) is 65.0 Å². The van der Waals surface area contributed by atoms with Crippen LogP contribution in [0.4, 0.5) is 10.1 Å². The zero-order chi connectivity index (χ0) is 20.7. The van der Waals surface area contributed by atoms with Gasteiger partial charge in [0.25, 0.3) is 0 Å². The predicted molar refractivity (Wildman–Crippen MR) is 113 cm³/mol. The summed E-state index contributed by atoms with van der Waals surface area (Å²) in [5, 5.41) is 8.97. The molecule has 0 radical (unpaired) electrons. The predicted octanol–water partition coefficient (Wildman–Crippen LogP) is 4.38. The molecule has 30 heavy (non-hydrogen) atoms. The second-order valence-corrected chi connectivity index (χ2v) is 9.08. The highest BCUT2D eigenvalue weighted by Crippen LogP contribution is 2.48. The fraction of sp³-hybridized carbons (Fsp3) is 0.440. The lowest BCUT2D eigenvalue weighted by Crippen LogP contribution is -2.47. The van der Waals surface area contributed by atoms with Crippen LogP contribution in [0.2, 0.25) is 0 Å². The Morgan fingerprint density at radius 3 is 2.50 bits per heavy atom. The number of piperidine rings is 1. The molecule has 1 saturated carbocycles. The maximum Gasteiger partial charge on any atom is 0.230 e. The number of rotatable bonds is 3. The van der Waals surface area contributed by atoms with E-state index < -0.39 is 0 Å². The van der Waals surface area contributed by atoms with Gasteiger partial charge in [0.2, 0.25) is 5.91 Å². The number of benzene rings is 2. The van der Waals surface area contributed by atoms with Crippen LogP contribution >= 0.6 is 0 Å². The van der Waals surface area contributed by atoms with Gasteiger partial charge in [0.1, 0.15) is 5.82 Å². The van der Waals surface area contributed by atoms with Gasteiger partial charge < -0.3 is 4.90 Å². The van der Waals surface area contributed by atoms with Crippen LogP contribution in [0.15, 0.2) is 42.5 Å². The highest BCUT2D eigenvalue weighted by Gasteiger charge is 2.47. The van der Waals surface area contributed by atoms with Crippen molar-refractivity contribution in [3.63, 3.8) is 0 Å². The van der Waals surface area contributed by atoms with Gasteiger partial charge >= 0.3 is 0 Å². The smallest absolute Gasteiger partial charge is 0.230 e. The zero-order valence-corrected chi connectivity index (χ0v) is 17.1. The minimum Gasteiger partial charge on any atom is -0.311 e.